The number of nitrogens with zero attached hydrogens (tertiary/aromatic N) is 2. The zero-order valence-electron chi connectivity index (χ0n) is 12.8. The van der Waals surface area contributed by atoms with Crippen molar-refractivity contribution in [2.75, 3.05) is 44.3 Å². The van der Waals surface area contributed by atoms with Crippen molar-refractivity contribution >= 4 is 38.9 Å². The average Bonchev–Trinajstić information content (AvgIpc) is 3.03. The fraction of sp³-hybridized carbons (Fsp3) is 0.353. The van der Waals surface area contributed by atoms with Crippen molar-refractivity contribution in [1.82, 2.24) is 4.90 Å². The topological polar surface area (TPSA) is 32.8 Å². The lowest BCUT2D eigenvalue weighted by Gasteiger charge is -2.30. The number of carbonyl (C=O) groups is 1. The third-order valence-corrected chi connectivity index (χ3v) is 5.69. The van der Waals surface area contributed by atoms with E-state index in [1.165, 1.54) is 11.3 Å². The summed E-state index contributed by atoms with van der Waals surface area (Å²) >= 11 is 4.94. The summed E-state index contributed by atoms with van der Waals surface area (Å²) in [5, 5.41) is 1.93. The first-order valence-corrected chi connectivity index (χ1v) is 9.33. The van der Waals surface area contributed by atoms with Crippen LogP contribution in [0.15, 0.2) is 46.3 Å². The first-order chi connectivity index (χ1) is 11.3. The summed E-state index contributed by atoms with van der Waals surface area (Å²) in [6, 6.07) is 11.8. The van der Waals surface area contributed by atoms with E-state index >= 15 is 0 Å². The third-order valence-electron chi connectivity index (χ3n) is 3.87. The average molecular weight is 395 g/mol. The van der Waals surface area contributed by atoms with Crippen LogP contribution in [0, 0.1) is 0 Å². The van der Waals surface area contributed by atoms with Crippen molar-refractivity contribution in [3.05, 3.63) is 51.1 Å². The van der Waals surface area contributed by atoms with Gasteiger partial charge < -0.3 is 9.64 Å². The molecule has 2 aromatic rings. The molecule has 2 heterocycles. The van der Waals surface area contributed by atoms with Crippen molar-refractivity contribution < 1.29 is 9.53 Å². The highest BCUT2D eigenvalue weighted by atomic mass is 79.9. The lowest BCUT2D eigenvalue weighted by Crippen LogP contribution is -2.43. The number of hydrogen-bond donors (Lipinski definition) is 0. The smallest absolute Gasteiger partial charge is 0.269 e. The Morgan fingerprint density at radius 2 is 1.96 bits per heavy atom. The number of carbonyl (C=O) groups excluding carboxylic acids is 1. The molecule has 1 aromatic heterocycles. The van der Waals surface area contributed by atoms with Gasteiger partial charge in [-0.15, -0.1) is 11.3 Å². The van der Waals surface area contributed by atoms with Gasteiger partial charge in [-0.3, -0.25) is 9.69 Å². The molecule has 0 radical (unpaired) electrons. The first-order valence-electron chi connectivity index (χ1n) is 7.66. The number of benzene rings is 1. The Bertz CT molecular complexity index is 641. The van der Waals surface area contributed by atoms with Gasteiger partial charge in [-0.1, -0.05) is 18.2 Å². The van der Waals surface area contributed by atoms with Crippen LogP contribution in [0.5, 0.6) is 0 Å². The van der Waals surface area contributed by atoms with Crippen LogP contribution < -0.4 is 4.90 Å². The molecule has 0 saturated carbocycles. The van der Waals surface area contributed by atoms with E-state index in [-0.39, 0.29) is 5.91 Å². The van der Waals surface area contributed by atoms with E-state index in [2.05, 4.69) is 20.8 Å². The fourth-order valence-electron chi connectivity index (χ4n) is 2.59. The van der Waals surface area contributed by atoms with E-state index in [1.54, 1.807) is 0 Å². The Morgan fingerprint density at radius 3 is 2.61 bits per heavy atom. The Balaban J connectivity index is 1.76. The van der Waals surface area contributed by atoms with E-state index < -0.39 is 0 Å². The maximum atomic E-state index is 13.0. The summed E-state index contributed by atoms with van der Waals surface area (Å²) in [7, 11) is 0. The number of morpholine rings is 1. The van der Waals surface area contributed by atoms with Gasteiger partial charge in [0.2, 0.25) is 0 Å². The minimum atomic E-state index is 0.0475. The highest BCUT2D eigenvalue weighted by molar-refractivity contribution is 9.10. The van der Waals surface area contributed by atoms with Gasteiger partial charge in [0.1, 0.15) is 4.88 Å². The highest BCUT2D eigenvalue weighted by Gasteiger charge is 2.22. The molecule has 0 unspecified atom stereocenters. The molecule has 0 atom stereocenters. The molecule has 0 spiro atoms. The maximum Gasteiger partial charge on any atom is 0.269 e. The molecule has 0 aliphatic carbocycles. The number of anilines is 1. The SMILES string of the molecule is O=C(c1sccc1Br)N(CCN1CCOCC1)c1ccccc1. The van der Waals surface area contributed by atoms with Crippen LogP contribution in [0.3, 0.4) is 0 Å². The number of amides is 1. The van der Waals surface area contributed by atoms with E-state index in [0.717, 1.165) is 47.9 Å². The molecule has 0 N–H and O–H groups in total. The Morgan fingerprint density at radius 1 is 1.22 bits per heavy atom. The molecule has 23 heavy (non-hydrogen) atoms. The third kappa shape index (κ3) is 4.20. The molecule has 3 rings (SSSR count). The van der Waals surface area contributed by atoms with Gasteiger partial charge in [0.05, 0.1) is 13.2 Å². The van der Waals surface area contributed by atoms with Crippen LogP contribution in [0.2, 0.25) is 0 Å². The standard InChI is InChI=1S/C17H19BrN2O2S/c18-15-6-13-23-16(15)17(21)20(14-4-2-1-3-5-14)8-7-19-9-11-22-12-10-19/h1-6,13H,7-12H2. The molecule has 1 amide bonds. The van der Waals surface area contributed by atoms with Crippen molar-refractivity contribution in [2.45, 2.75) is 0 Å². The molecule has 122 valence electrons. The largest absolute Gasteiger partial charge is 0.379 e. The molecule has 1 saturated heterocycles. The highest BCUT2D eigenvalue weighted by Crippen LogP contribution is 2.26. The van der Waals surface area contributed by atoms with Crippen molar-refractivity contribution in [2.24, 2.45) is 0 Å². The van der Waals surface area contributed by atoms with Gasteiger partial charge in [-0.2, -0.15) is 0 Å². The van der Waals surface area contributed by atoms with Crippen molar-refractivity contribution in [3.8, 4) is 0 Å². The number of thiophene rings is 1. The lowest BCUT2D eigenvalue weighted by molar-refractivity contribution is 0.0391. The van der Waals surface area contributed by atoms with E-state index in [4.69, 9.17) is 4.74 Å². The Labute approximate surface area is 148 Å². The molecule has 1 fully saturated rings. The van der Waals surface area contributed by atoms with E-state index in [9.17, 15) is 4.79 Å². The summed E-state index contributed by atoms with van der Waals surface area (Å²) in [5.41, 5.74) is 0.936. The molecule has 4 nitrogen and oxygen atoms in total. The van der Waals surface area contributed by atoms with Gasteiger partial charge in [0.25, 0.3) is 5.91 Å². The van der Waals surface area contributed by atoms with Gasteiger partial charge in [-0.05, 0) is 39.5 Å². The minimum Gasteiger partial charge on any atom is -0.379 e. The number of halogens is 1. The molecule has 1 aliphatic rings. The zero-order chi connectivity index (χ0) is 16.1. The van der Waals surface area contributed by atoms with Gasteiger partial charge in [-0.25, -0.2) is 0 Å². The fourth-order valence-corrected chi connectivity index (χ4v) is 4.08. The van der Waals surface area contributed by atoms with Gasteiger partial charge in [0, 0.05) is 36.3 Å². The first kappa shape index (κ1) is 16.6. The summed E-state index contributed by atoms with van der Waals surface area (Å²) in [5.74, 6) is 0.0475. The summed E-state index contributed by atoms with van der Waals surface area (Å²) in [6.45, 7) is 4.94. The monoisotopic (exact) mass is 394 g/mol. The van der Waals surface area contributed by atoms with Crippen LogP contribution in [-0.4, -0.2) is 50.2 Å². The Hall–Kier alpha value is -1.21. The summed E-state index contributed by atoms with van der Waals surface area (Å²) in [6.07, 6.45) is 0. The quantitative estimate of drug-likeness (QED) is 0.777. The van der Waals surface area contributed by atoms with Crippen LogP contribution >= 0.6 is 27.3 Å². The van der Waals surface area contributed by atoms with Crippen LogP contribution in [0.4, 0.5) is 5.69 Å². The molecule has 1 aliphatic heterocycles. The van der Waals surface area contributed by atoms with Gasteiger partial charge >= 0.3 is 0 Å². The summed E-state index contributed by atoms with van der Waals surface area (Å²) < 4.78 is 6.25. The van der Waals surface area contributed by atoms with E-state index in [0.29, 0.717) is 6.54 Å². The summed E-state index contributed by atoms with van der Waals surface area (Å²) in [4.78, 5) is 17.9. The van der Waals surface area contributed by atoms with Crippen molar-refractivity contribution in [1.29, 1.82) is 0 Å². The second kappa shape index (κ2) is 8.06. The molecule has 0 bridgehead atoms. The molecule has 6 heteroatoms. The maximum absolute atomic E-state index is 13.0. The number of rotatable bonds is 5. The van der Waals surface area contributed by atoms with Crippen LogP contribution in [0.1, 0.15) is 9.67 Å². The second-order valence-corrected chi connectivity index (χ2v) is 7.11. The molecule has 1 aromatic carbocycles. The zero-order valence-corrected chi connectivity index (χ0v) is 15.2. The minimum absolute atomic E-state index is 0.0475. The Kier molecular flexibility index (Phi) is 5.83. The van der Waals surface area contributed by atoms with E-state index in [1.807, 2.05) is 46.7 Å². The van der Waals surface area contributed by atoms with Gasteiger partial charge in [0.15, 0.2) is 0 Å². The normalized spacial score (nSPS) is 15.5. The number of ether oxygens (including phenoxy) is 1. The number of para-hydroxylation sites is 1. The number of hydrogen-bond acceptors (Lipinski definition) is 4. The van der Waals surface area contributed by atoms with Crippen molar-refractivity contribution in [3.63, 3.8) is 0 Å². The predicted octanol–water partition coefficient (Wildman–Crippen LogP) is 3.49. The second-order valence-electron chi connectivity index (χ2n) is 5.34. The molecular weight excluding hydrogens is 376 g/mol. The predicted molar refractivity (Wildman–Crippen MR) is 97.4 cm³/mol. The van der Waals surface area contributed by atoms with Crippen LogP contribution in [-0.2, 0) is 4.74 Å². The lowest BCUT2D eigenvalue weighted by atomic mass is 10.2. The molecular formula is C17H19BrN2O2S. The van der Waals surface area contributed by atoms with Crippen LogP contribution in [0.25, 0.3) is 0 Å².